The number of unbranched alkanes of at least 4 members (excludes halogenated alkanes) is 7. The standard InChI is InChI=1S/C29H40N4O4S2/c1-20-13-16-32(17-14-20)26-22(21(2)23(19-30)27(36)31(26)3)18-24-28(37)33(29(38)39-24)15-11-9-7-5-4-6-8-10-12-25(34)35/h18,20H,4-17H2,1-3H3,(H,34,35)/b24-18+. The van der Waals surface area contributed by atoms with Gasteiger partial charge in [0.1, 0.15) is 21.8 Å². The molecule has 0 atom stereocenters. The van der Waals surface area contributed by atoms with Crippen molar-refractivity contribution in [2.75, 3.05) is 24.5 Å². The van der Waals surface area contributed by atoms with Crippen molar-refractivity contribution in [1.82, 2.24) is 9.47 Å². The van der Waals surface area contributed by atoms with Gasteiger partial charge in [-0.3, -0.25) is 23.9 Å². The van der Waals surface area contributed by atoms with Crippen LogP contribution in [0.15, 0.2) is 9.70 Å². The maximum absolute atomic E-state index is 13.3. The molecule has 1 amide bonds. The van der Waals surface area contributed by atoms with Gasteiger partial charge in [0.15, 0.2) is 0 Å². The number of aromatic nitrogens is 1. The molecule has 8 nitrogen and oxygen atoms in total. The third-order valence-corrected chi connectivity index (χ3v) is 9.10. The Labute approximate surface area is 241 Å². The predicted molar refractivity (Wildman–Crippen MR) is 161 cm³/mol. The highest BCUT2D eigenvalue weighted by atomic mass is 32.2. The van der Waals surface area contributed by atoms with Gasteiger partial charge in [-0.15, -0.1) is 0 Å². The minimum absolute atomic E-state index is 0.107. The predicted octanol–water partition coefficient (Wildman–Crippen LogP) is 5.60. The number of pyridine rings is 1. The summed E-state index contributed by atoms with van der Waals surface area (Å²) in [6.45, 7) is 6.24. The molecule has 2 aliphatic rings. The van der Waals surface area contributed by atoms with Crippen LogP contribution in [0.3, 0.4) is 0 Å². The molecule has 212 valence electrons. The average Bonchev–Trinajstić information content (AvgIpc) is 3.16. The number of hydrogen-bond donors (Lipinski definition) is 1. The summed E-state index contributed by atoms with van der Waals surface area (Å²) in [5.74, 6) is 0.542. The maximum Gasteiger partial charge on any atom is 0.303 e. The van der Waals surface area contributed by atoms with Gasteiger partial charge >= 0.3 is 5.97 Å². The third-order valence-electron chi connectivity index (χ3n) is 7.72. The number of anilines is 1. The van der Waals surface area contributed by atoms with Crippen LogP contribution >= 0.6 is 24.0 Å². The molecule has 0 bridgehead atoms. The number of carbonyl (C=O) groups excluding carboxylic acids is 1. The molecule has 1 N–H and O–H groups in total. The lowest BCUT2D eigenvalue weighted by Crippen LogP contribution is -2.38. The Morgan fingerprint density at radius 3 is 2.28 bits per heavy atom. The fourth-order valence-corrected chi connectivity index (χ4v) is 6.54. The lowest BCUT2D eigenvalue weighted by molar-refractivity contribution is -0.137. The number of rotatable bonds is 13. The fraction of sp³-hybridized carbons (Fsp3) is 0.621. The van der Waals surface area contributed by atoms with Crippen LogP contribution in [-0.4, -0.2) is 50.4 Å². The number of carboxylic acid groups (broad SMARTS) is 1. The number of nitrogens with zero attached hydrogens (tertiary/aromatic N) is 4. The summed E-state index contributed by atoms with van der Waals surface area (Å²) in [5.41, 5.74) is 1.14. The lowest BCUT2D eigenvalue weighted by atomic mass is 9.97. The molecular formula is C29H40N4O4S2. The molecule has 3 rings (SSSR count). The monoisotopic (exact) mass is 572 g/mol. The van der Waals surface area contributed by atoms with Crippen LogP contribution < -0.4 is 10.5 Å². The number of carbonyl (C=O) groups is 2. The summed E-state index contributed by atoms with van der Waals surface area (Å²) >= 11 is 6.84. The minimum Gasteiger partial charge on any atom is -0.481 e. The Hall–Kier alpha value is -2.64. The molecule has 0 saturated carbocycles. The molecule has 0 aromatic carbocycles. The van der Waals surface area contributed by atoms with Gasteiger partial charge in [0.25, 0.3) is 11.5 Å². The second-order valence-corrected chi connectivity index (χ2v) is 12.4. The van der Waals surface area contributed by atoms with Crippen molar-refractivity contribution in [3.05, 3.63) is 31.9 Å². The van der Waals surface area contributed by atoms with Crippen LogP contribution in [0, 0.1) is 24.2 Å². The van der Waals surface area contributed by atoms with Crippen molar-refractivity contribution in [2.45, 2.75) is 84.5 Å². The molecule has 39 heavy (non-hydrogen) atoms. The average molecular weight is 573 g/mol. The summed E-state index contributed by atoms with van der Waals surface area (Å²) in [7, 11) is 1.70. The van der Waals surface area contributed by atoms with Crippen molar-refractivity contribution in [1.29, 1.82) is 5.26 Å². The van der Waals surface area contributed by atoms with E-state index in [1.807, 2.05) is 6.08 Å². The Morgan fingerprint density at radius 1 is 1.10 bits per heavy atom. The minimum atomic E-state index is -0.728. The Bertz CT molecular complexity index is 1210. The van der Waals surface area contributed by atoms with E-state index < -0.39 is 5.97 Å². The molecule has 0 aliphatic carbocycles. The number of thiocarbonyl (C=S) groups is 1. The van der Waals surface area contributed by atoms with E-state index >= 15 is 0 Å². The second kappa shape index (κ2) is 14.7. The first-order chi connectivity index (χ1) is 18.6. The number of thioether (sulfide) groups is 1. The normalized spacial score (nSPS) is 17.3. The van der Waals surface area contributed by atoms with Gasteiger partial charge in [0.2, 0.25) is 0 Å². The molecular weight excluding hydrogens is 532 g/mol. The van der Waals surface area contributed by atoms with E-state index in [0.29, 0.717) is 27.3 Å². The van der Waals surface area contributed by atoms with E-state index in [1.165, 1.54) is 11.8 Å². The van der Waals surface area contributed by atoms with Crippen LogP contribution in [0.5, 0.6) is 0 Å². The zero-order valence-electron chi connectivity index (χ0n) is 23.3. The summed E-state index contributed by atoms with van der Waals surface area (Å²) in [5, 5.41) is 18.4. The van der Waals surface area contributed by atoms with Crippen molar-refractivity contribution < 1.29 is 14.7 Å². The van der Waals surface area contributed by atoms with E-state index in [9.17, 15) is 19.6 Å². The van der Waals surface area contributed by atoms with Gasteiger partial charge in [-0.1, -0.05) is 69.4 Å². The van der Waals surface area contributed by atoms with Crippen molar-refractivity contribution >= 4 is 52.1 Å². The van der Waals surface area contributed by atoms with Crippen LogP contribution in [0.25, 0.3) is 6.08 Å². The van der Waals surface area contributed by atoms with Gasteiger partial charge < -0.3 is 10.0 Å². The molecule has 2 saturated heterocycles. The summed E-state index contributed by atoms with van der Waals surface area (Å²) < 4.78 is 2.10. The second-order valence-electron chi connectivity index (χ2n) is 10.7. The molecule has 3 heterocycles. The number of hydrogen-bond acceptors (Lipinski definition) is 7. The third kappa shape index (κ3) is 7.95. The summed E-state index contributed by atoms with van der Waals surface area (Å²) in [6.07, 6.45) is 12.1. The van der Waals surface area contributed by atoms with Crippen LogP contribution in [0.2, 0.25) is 0 Å². The molecule has 0 radical (unpaired) electrons. The van der Waals surface area contributed by atoms with E-state index in [4.69, 9.17) is 17.3 Å². The quantitative estimate of drug-likeness (QED) is 0.185. The van der Waals surface area contributed by atoms with Gasteiger partial charge in [-0.2, -0.15) is 5.26 Å². The van der Waals surface area contributed by atoms with Crippen molar-refractivity contribution in [2.24, 2.45) is 13.0 Å². The summed E-state index contributed by atoms with van der Waals surface area (Å²) in [4.78, 5) is 41.3. The molecule has 0 spiro atoms. The number of nitriles is 1. The number of carboxylic acids is 1. The first-order valence-electron chi connectivity index (χ1n) is 14.0. The largest absolute Gasteiger partial charge is 0.481 e. The highest BCUT2D eigenvalue weighted by Crippen LogP contribution is 2.36. The first kappa shape index (κ1) is 30.9. The van der Waals surface area contributed by atoms with E-state index in [2.05, 4.69) is 17.9 Å². The Morgan fingerprint density at radius 2 is 1.69 bits per heavy atom. The van der Waals surface area contributed by atoms with Gasteiger partial charge in [0.05, 0.1) is 4.91 Å². The topological polar surface area (TPSA) is 107 Å². The highest BCUT2D eigenvalue weighted by molar-refractivity contribution is 8.26. The van der Waals surface area contributed by atoms with Crippen molar-refractivity contribution in [3.8, 4) is 6.07 Å². The Balaban J connectivity index is 1.65. The molecule has 1 aromatic rings. The van der Waals surface area contributed by atoms with E-state index in [-0.39, 0.29) is 23.5 Å². The zero-order chi connectivity index (χ0) is 28.5. The zero-order valence-corrected chi connectivity index (χ0v) is 25.0. The van der Waals surface area contributed by atoms with Crippen molar-refractivity contribution in [3.63, 3.8) is 0 Å². The number of amides is 1. The number of aliphatic carboxylic acids is 1. The lowest BCUT2D eigenvalue weighted by Gasteiger charge is -2.34. The van der Waals surface area contributed by atoms with Crippen LogP contribution in [-0.2, 0) is 16.6 Å². The van der Waals surface area contributed by atoms with E-state index in [0.717, 1.165) is 88.7 Å². The fourth-order valence-electron chi connectivity index (χ4n) is 5.25. The molecule has 2 aliphatic heterocycles. The van der Waals surface area contributed by atoms with Crippen LogP contribution in [0.1, 0.15) is 94.2 Å². The Kier molecular flexibility index (Phi) is 11.6. The van der Waals surface area contributed by atoms with E-state index in [1.54, 1.807) is 23.4 Å². The highest BCUT2D eigenvalue weighted by Gasteiger charge is 2.33. The first-order valence-corrected chi connectivity index (χ1v) is 15.2. The van der Waals surface area contributed by atoms with Gasteiger partial charge in [-0.25, -0.2) is 0 Å². The SMILES string of the molecule is Cc1c(/C=C2/SC(=S)N(CCCCCCCCCCC(=O)O)C2=O)c(N2CCC(C)CC2)n(C)c(=O)c1C#N. The van der Waals surface area contributed by atoms with Gasteiger partial charge in [-0.05, 0) is 50.2 Å². The number of piperidine rings is 1. The molecule has 10 heteroatoms. The maximum atomic E-state index is 13.3. The molecule has 2 fully saturated rings. The van der Waals surface area contributed by atoms with Crippen LogP contribution in [0.4, 0.5) is 5.82 Å². The molecule has 1 aromatic heterocycles. The smallest absolute Gasteiger partial charge is 0.303 e. The van der Waals surface area contributed by atoms with Gasteiger partial charge in [0, 0.05) is 38.7 Å². The summed E-state index contributed by atoms with van der Waals surface area (Å²) in [6, 6.07) is 2.07. The molecule has 0 unspecified atom stereocenters.